The van der Waals surface area contributed by atoms with Crippen molar-refractivity contribution in [3.05, 3.63) is 89.4 Å². The fraction of sp³-hybridized carbons (Fsp3) is 0.240. The van der Waals surface area contributed by atoms with Crippen LogP contribution < -0.4 is 10.0 Å². The van der Waals surface area contributed by atoms with Crippen LogP contribution in [-0.2, 0) is 4.79 Å². The zero-order valence-electron chi connectivity index (χ0n) is 17.5. The molecule has 1 saturated heterocycles. The van der Waals surface area contributed by atoms with Gasteiger partial charge in [0.05, 0.1) is 5.92 Å². The number of hydrogen-bond donors (Lipinski definition) is 1. The third-order valence-corrected chi connectivity index (χ3v) is 5.58. The Kier molecular flexibility index (Phi) is 5.98. The van der Waals surface area contributed by atoms with Gasteiger partial charge in [-0.3, -0.25) is 9.59 Å². The highest BCUT2D eigenvalue weighted by molar-refractivity contribution is 5.96. The minimum absolute atomic E-state index is 0.0918. The topological polar surface area (TPSA) is 76.4 Å². The van der Waals surface area contributed by atoms with E-state index in [9.17, 15) is 14.8 Å². The monoisotopic (exact) mass is 415 g/mol. The van der Waals surface area contributed by atoms with E-state index < -0.39 is 0 Å². The molecule has 6 heteroatoms. The summed E-state index contributed by atoms with van der Waals surface area (Å²) in [5.41, 5.74) is 4.40. The van der Waals surface area contributed by atoms with Gasteiger partial charge in [0.1, 0.15) is 5.56 Å². The second kappa shape index (κ2) is 9.00. The minimum atomic E-state index is -0.289. The van der Waals surface area contributed by atoms with Gasteiger partial charge in [-0.25, -0.2) is 0 Å². The average Bonchev–Trinajstić information content (AvgIpc) is 2.79. The van der Waals surface area contributed by atoms with E-state index >= 15 is 0 Å². The Labute approximate surface area is 181 Å². The van der Waals surface area contributed by atoms with Crippen LogP contribution in [-0.4, -0.2) is 29.8 Å². The summed E-state index contributed by atoms with van der Waals surface area (Å²) in [6.07, 6.45) is 4.08. The van der Waals surface area contributed by atoms with Crippen molar-refractivity contribution >= 4 is 17.5 Å². The van der Waals surface area contributed by atoms with Crippen LogP contribution in [0.15, 0.2) is 73.1 Å². The molecule has 2 aromatic carbocycles. The largest absolute Gasteiger partial charge is 0.619 e. The van der Waals surface area contributed by atoms with Gasteiger partial charge in [-0.2, -0.15) is 4.73 Å². The van der Waals surface area contributed by atoms with E-state index in [1.165, 1.54) is 18.0 Å². The van der Waals surface area contributed by atoms with Gasteiger partial charge in [-0.1, -0.05) is 42.0 Å². The van der Waals surface area contributed by atoms with Gasteiger partial charge < -0.3 is 15.4 Å². The van der Waals surface area contributed by atoms with Crippen LogP contribution in [0.2, 0.25) is 0 Å². The lowest BCUT2D eigenvalue weighted by Crippen LogP contribution is -2.44. The third-order valence-electron chi connectivity index (χ3n) is 5.58. The third kappa shape index (κ3) is 4.91. The molecule has 0 saturated carbocycles. The molecule has 158 valence electrons. The Morgan fingerprint density at radius 2 is 1.84 bits per heavy atom. The number of amides is 2. The van der Waals surface area contributed by atoms with Crippen LogP contribution in [0.25, 0.3) is 11.1 Å². The molecule has 1 atom stereocenters. The van der Waals surface area contributed by atoms with Crippen LogP contribution >= 0.6 is 0 Å². The SMILES string of the molecule is Cc1cccc(-c2cccc(NC(=O)C3CCCN(C(=O)c4ccc[n+]([O-])c4)C3)c2)c1. The molecule has 1 N–H and O–H groups in total. The summed E-state index contributed by atoms with van der Waals surface area (Å²) < 4.78 is 0.614. The van der Waals surface area contributed by atoms with Gasteiger partial charge in [0.25, 0.3) is 5.91 Å². The quantitative estimate of drug-likeness (QED) is 0.520. The number of aryl methyl sites for hydroxylation is 1. The number of pyridine rings is 1. The predicted molar refractivity (Wildman–Crippen MR) is 119 cm³/mol. The summed E-state index contributed by atoms with van der Waals surface area (Å²) in [6, 6.07) is 19.2. The lowest BCUT2D eigenvalue weighted by molar-refractivity contribution is -0.605. The first kappa shape index (κ1) is 20.6. The number of carbonyl (C=O) groups is 2. The molecule has 1 unspecified atom stereocenters. The smallest absolute Gasteiger partial charge is 0.259 e. The van der Waals surface area contributed by atoms with E-state index in [1.807, 2.05) is 36.4 Å². The first-order valence-corrected chi connectivity index (χ1v) is 10.5. The van der Waals surface area contributed by atoms with Gasteiger partial charge in [0.2, 0.25) is 5.91 Å². The predicted octanol–water partition coefficient (Wildman–Crippen LogP) is 3.79. The Balaban J connectivity index is 1.44. The Morgan fingerprint density at radius 3 is 2.61 bits per heavy atom. The average molecular weight is 415 g/mol. The second-order valence-electron chi connectivity index (χ2n) is 7.98. The zero-order chi connectivity index (χ0) is 21.8. The van der Waals surface area contributed by atoms with Crippen molar-refractivity contribution in [2.45, 2.75) is 19.8 Å². The van der Waals surface area contributed by atoms with Crippen molar-refractivity contribution in [1.82, 2.24) is 4.90 Å². The van der Waals surface area contributed by atoms with Gasteiger partial charge in [0, 0.05) is 24.8 Å². The van der Waals surface area contributed by atoms with E-state index in [4.69, 9.17) is 0 Å². The molecule has 0 radical (unpaired) electrons. The summed E-state index contributed by atoms with van der Waals surface area (Å²) >= 11 is 0. The molecule has 1 fully saturated rings. The van der Waals surface area contributed by atoms with Crippen molar-refractivity contribution in [2.75, 3.05) is 18.4 Å². The Hall–Kier alpha value is -3.67. The van der Waals surface area contributed by atoms with E-state index in [0.717, 1.165) is 29.7 Å². The number of aromatic nitrogens is 1. The highest BCUT2D eigenvalue weighted by Crippen LogP contribution is 2.25. The molecule has 0 aliphatic carbocycles. The van der Waals surface area contributed by atoms with E-state index in [0.29, 0.717) is 23.4 Å². The fourth-order valence-electron chi connectivity index (χ4n) is 3.98. The van der Waals surface area contributed by atoms with Crippen molar-refractivity contribution in [2.24, 2.45) is 5.92 Å². The molecule has 31 heavy (non-hydrogen) atoms. The molecule has 0 spiro atoms. The normalized spacial score (nSPS) is 16.0. The van der Waals surface area contributed by atoms with Crippen LogP contribution in [0, 0.1) is 18.0 Å². The van der Waals surface area contributed by atoms with Crippen molar-refractivity contribution in [1.29, 1.82) is 0 Å². The van der Waals surface area contributed by atoms with E-state index in [1.54, 1.807) is 17.0 Å². The number of piperidine rings is 1. The lowest BCUT2D eigenvalue weighted by atomic mass is 9.96. The van der Waals surface area contributed by atoms with E-state index in [-0.39, 0.29) is 17.7 Å². The lowest BCUT2D eigenvalue weighted by Gasteiger charge is -2.32. The van der Waals surface area contributed by atoms with Crippen molar-refractivity contribution in [3.63, 3.8) is 0 Å². The molecule has 6 nitrogen and oxygen atoms in total. The summed E-state index contributed by atoms with van der Waals surface area (Å²) in [6.45, 7) is 2.98. The van der Waals surface area contributed by atoms with E-state index in [2.05, 4.69) is 24.4 Å². The van der Waals surface area contributed by atoms with Crippen LogP contribution in [0.3, 0.4) is 0 Å². The maximum Gasteiger partial charge on any atom is 0.259 e. The number of nitrogens with one attached hydrogen (secondary N) is 1. The van der Waals surface area contributed by atoms with Crippen molar-refractivity contribution < 1.29 is 14.3 Å². The fourth-order valence-corrected chi connectivity index (χ4v) is 3.98. The van der Waals surface area contributed by atoms with Crippen molar-refractivity contribution in [3.8, 4) is 11.1 Å². The summed E-state index contributed by atoms with van der Waals surface area (Å²) in [4.78, 5) is 27.3. The maximum absolute atomic E-state index is 12.9. The van der Waals surface area contributed by atoms with Gasteiger partial charge in [-0.15, -0.1) is 0 Å². The number of rotatable bonds is 4. The Morgan fingerprint density at radius 1 is 1.06 bits per heavy atom. The number of hydrogen-bond acceptors (Lipinski definition) is 3. The molecular formula is C25H25N3O3. The molecule has 1 aromatic heterocycles. The van der Waals surface area contributed by atoms with Gasteiger partial charge in [-0.05, 0) is 49.1 Å². The number of likely N-dealkylation sites (tertiary alicyclic amines) is 1. The highest BCUT2D eigenvalue weighted by atomic mass is 16.5. The van der Waals surface area contributed by atoms with Gasteiger partial charge >= 0.3 is 0 Å². The zero-order valence-corrected chi connectivity index (χ0v) is 17.5. The molecule has 4 rings (SSSR count). The van der Waals surface area contributed by atoms with Crippen LogP contribution in [0.4, 0.5) is 5.69 Å². The molecule has 2 heterocycles. The van der Waals surface area contributed by atoms with Crippen LogP contribution in [0.5, 0.6) is 0 Å². The molecule has 1 aliphatic heterocycles. The van der Waals surface area contributed by atoms with Gasteiger partial charge in [0.15, 0.2) is 12.4 Å². The standard InChI is InChI=1S/C25H25N3O3/c1-18-6-2-7-19(14-18)20-8-3-11-23(15-20)26-24(29)21-9-4-12-27(16-21)25(30)22-10-5-13-28(31)17-22/h2-3,5-8,10-11,13-15,17,21H,4,9,12,16H2,1H3,(H,26,29). The number of benzene rings is 2. The second-order valence-corrected chi connectivity index (χ2v) is 7.98. The van der Waals surface area contributed by atoms with Crippen LogP contribution in [0.1, 0.15) is 28.8 Å². The molecule has 1 aliphatic rings. The molecule has 3 aromatic rings. The molecule has 2 amide bonds. The maximum atomic E-state index is 12.9. The Bertz CT molecular complexity index is 1110. The number of anilines is 1. The first-order valence-electron chi connectivity index (χ1n) is 10.5. The minimum Gasteiger partial charge on any atom is -0.619 e. The highest BCUT2D eigenvalue weighted by Gasteiger charge is 2.29. The number of carbonyl (C=O) groups excluding carboxylic acids is 2. The first-order chi connectivity index (χ1) is 15.0. The molecule has 0 bridgehead atoms. The summed E-state index contributed by atoms with van der Waals surface area (Å²) in [5.74, 6) is -0.599. The number of nitrogens with zero attached hydrogens (tertiary/aromatic N) is 2. The summed E-state index contributed by atoms with van der Waals surface area (Å²) in [5, 5.41) is 14.5. The molecular weight excluding hydrogens is 390 g/mol. The summed E-state index contributed by atoms with van der Waals surface area (Å²) in [7, 11) is 0.